The molecule has 0 unspecified atom stereocenters. The summed E-state index contributed by atoms with van der Waals surface area (Å²) < 4.78 is 40.9. The predicted molar refractivity (Wildman–Crippen MR) is 83.3 cm³/mol. The highest BCUT2D eigenvalue weighted by Crippen LogP contribution is 2.24. The van der Waals surface area contributed by atoms with Crippen molar-refractivity contribution in [3.8, 4) is 0 Å². The van der Waals surface area contributed by atoms with Crippen molar-refractivity contribution in [2.45, 2.75) is 33.4 Å². The molecule has 0 aliphatic heterocycles. The third-order valence-electron chi connectivity index (χ3n) is 3.27. The molecule has 128 valence electrons. The average molecular weight is 330 g/mol. The van der Waals surface area contributed by atoms with E-state index in [9.17, 15) is 18.0 Å². The smallest absolute Gasteiger partial charge is 0.392 e. The van der Waals surface area contributed by atoms with Crippen LogP contribution in [0.25, 0.3) is 0 Å². The van der Waals surface area contributed by atoms with Crippen molar-refractivity contribution in [2.24, 2.45) is 4.99 Å². The summed E-state index contributed by atoms with van der Waals surface area (Å²) in [6.07, 6.45) is -3.80. The quantitative estimate of drug-likeness (QED) is 0.449. The molecule has 23 heavy (non-hydrogen) atoms. The van der Waals surface area contributed by atoms with Crippen molar-refractivity contribution in [1.82, 2.24) is 4.90 Å². The number of carbonyl (C=O) groups excluding carboxylic acids is 1. The Kier molecular flexibility index (Phi) is 6.60. The van der Waals surface area contributed by atoms with Gasteiger partial charge in [-0.1, -0.05) is 0 Å². The number of aliphatic imine (C=N–C) groups is 1. The second-order valence-electron chi connectivity index (χ2n) is 5.27. The van der Waals surface area contributed by atoms with Gasteiger partial charge >= 0.3 is 12.1 Å². The van der Waals surface area contributed by atoms with Crippen LogP contribution in [-0.2, 0) is 4.74 Å². The molecular weight excluding hydrogens is 309 g/mol. The lowest BCUT2D eigenvalue weighted by molar-refractivity contribution is -0.141. The number of benzene rings is 1. The predicted octanol–water partition coefficient (Wildman–Crippen LogP) is 4.02. The molecule has 0 aliphatic carbocycles. The summed E-state index contributed by atoms with van der Waals surface area (Å²) in [6.45, 7) is 5.60. The van der Waals surface area contributed by atoms with Crippen LogP contribution < -0.4 is 0 Å². The minimum absolute atomic E-state index is 0.257. The zero-order chi connectivity index (χ0) is 17.6. The summed E-state index contributed by atoms with van der Waals surface area (Å²) >= 11 is 0. The molecule has 0 amide bonds. The molecular formula is C16H21F3N2O2. The van der Waals surface area contributed by atoms with Gasteiger partial charge in [-0.25, -0.2) is 9.79 Å². The molecule has 0 atom stereocenters. The van der Waals surface area contributed by atoms with Gasteiger partial charge in [0.15, 0.2) is 0 Å². The average Bonchev–Trinajstić information content (AvgIpc) is 2.45. The van der Waals surface area contributed by atoms with Gasteiger partial charge in [0.25, 0.3) is 0 Å². The van der Waals surface area contributed by atoms with Crippen LogP contribution in [0.15, 0.2) is 17.1 Å². The van der Waals surface area contributed by atoms with E-state index >= 15 is 0 Å². The molecule has 1 aromatic rings. The van der Waals surface area contributed by atoms with Crippen molar-refractivity contribution in [3.05, 3.63) is 28.8 Å². The minimum atomic E-state index is -4.34. The highest BCUT2D eigenvalue weighted by atomic mass is 19.4. The van der Waals surface area contributed by atoms with Gasteiger partial charge in [-0.2, -0.15) is 13.2 Å². The first-order valence-electron chi connectivity index (χ1n) is 7.23. The number of alkyl halides is 3. The number of esters is 1. The highest BCUT2D eigenvalue weighted by Gasteiger charge is 2.27. The molecule has 1 rings (SSSR count). The Morgan fingerprint density at radius 1 is 1.30 bits per heavy atom. The third kappa shape index (κ3) is 6.30. The third-order valence-corrected chi connectivity index (χ3v) is 3.27. The van der Waals surface area contributed by atoms with Crippen molar-refractivity contribution in [2.75, 3.05) is 20.2 Å². The molecule has 0 saturated heterocycles. The largest absolute Gasteiger partial charge is 0.462 e. The molecule has 0 aromatic heterocycles. The molecule has 0 N–H and O–H groups in total. The number of rotatable bonds is 6. The van der Waals surface area contributed by atoms with E-state index in [2.05, 4.69) is 9.73 Å². The summed E-state index contributed by atoms with van der Waals surface area (Å²) in [5.41, 5.74) is 2.32. The highest BCUT2D eigenvalue weighted by molar-refractivity contribution is 5.92. The van der Waals surface area contributed by atoms with E-state index in [1.165, 1.54) is 0 Å². The molecule has 0 spiro atoms. The maximum atomic E-state index is 12.1. The van der Waals surface area contributed by atoms with E-state index in [1.807, 2.05) is 18.9 Å². The Hall–Kier alpha value is -2.05. The number of ether oxygens (including phenoxy) is 1. The van der Waals surface area contributed by atoms with E-state index < -0.39 is 25.2 Å². The fraction of sp³-hybridized carbons (Fsp3) is 0.500. The number of carbonyl (C=O) groups is 1. The number of hydrogen-bond donors (Lipinski definition) is 0. The van der Waals surface area contributed by atoms with Crippen LogP contribution in [0.3, 0.4) is 0 Å². The second kappa shape index (κ2) is 7.99. The van der Waals surface area contributed by atoms with Gasteiger partial charge in [-0.05, 0) is 44.0 Å². The van der Waals surface area contributed by atoms with Crippen LogP contribution in [0.5, 0.6) is 0 Å². The number of aryl methyl sites for hydroxylation is 2. The van der Waals surface area contributed by atoms with Crippen LogP contribution in [0.2, 0.25) is 0 Å². The first-order valence-corrected chi connectivity index (χ1v) is 7.23. The van der Waals surface area contributed by atoms with Gasteiger partial charge in [0.2, 0.25) is 0 Å². The van der Waals surface area contributed by atoms with E-state index in [4.69, 9.17) is 0 Å². The molecule has 1 aromatic carbocycles. The lowest BCUT2D eigenvalue weighted by Gasteiger charge is -2.12. The zero-order valence-electron chi connectivity index (χ0n) is 13.7. The van der Waals surface area contributed by atoms with Gasteiger partial charge in [0, 0.05) is 13.6 Å². The summed E-state index contributed by atoms with van der Waals surface area (Å²) in [6, 6.07) is 3.31. The molecule has 0 fully saturated rings. The first-order chi connectivity index (χ1) is 10.6. The normalized spacial score (nSPS) is 11.8. The molecule has 0 radical (unpaired) electrons. The van der Waals surface area contributed by atoms with Gasteiger partial charge in [0.05, 0.1) is 24.0 Å². The second-order valence-corrected chi connectivity index (χ2v) is 5.27. The standard InChI is InChI=1S/C16H21F3N2O2/c1-5-21(4)10-20-14-9-11(2)13(8-12(14)3)15(22)23-7-6-16(17,18)19/h8-10H,5-7H2,1-4H3/b20-10+. The summed E-state index contributed by atoms with van der Waals surface area (Å²) in [7, 11) is 1.89. The Morgan fingerprint density at radius 2 is 1.96 bits per heavy atom. The van der Waals surface area contributed by atoms with Gasteiger partial charge in [0.1, 0.15) is 6.61 Å². The maximum Gasteiger partial charge on any atom is 0.392 e. The Balaban J connectivity index is 2.83. The summed E-state index contributed by atoms with van der Waals surface area (Å²) in [4.78, 5) is 18.1. The van der Waals surface area contributed by atoms with Crippen LogP contribution in [0, 0.1) is 13.8 Å². The Morgan fingerprint density at radius 3 is 2.52 bits per heavy atom. The lowest BCUT2D eigenvalue weighted by Crippen LogP contribution is -2.15. The first kappa shape index (κ1) is 19.0. The van der Waals surface area contributed by atoms with Crippen LogP contribution >= 0.6 is 0 Å². The lowest BCUT2D eigenvalue weighted by atomic mass is 10.0. The summed E-state index contributed by atoms with van der Waals surface area (Å²) in [5.74, 6) is -0.754. The van der Waals surface area contributed by atoms with E-state index in [-0.39, 0.29) is 5.56 Å². The van der Waals surface area contributed by atoms with Gasteiger partial charge in [-0.15, -0.1) is 0 Å². The van der Waals surface area contributed by atoms with Crippen LogP contribution in [0.4, 0.5) is 18.9 Å². The fourth-order valence-corrected chi connectivity index (χ4v) is 1.74. The monoisotopic (exact) mass is 330 g/mol. The molecule has 7 heteroatoms. The number of halogens is 3. The van der Waals surface area contributed by atoms with Gasteiger partial charge < -0.3 is 9.64 Å². The minimum Gasteiger partial charge on any atom is -0.462 e. The Labute approximate surface area is 134 Å². The number of hydrogen-bond acceptors (Lipinski definition) is 3. The van der Waals surface area contributed by atoms with Crippen molar-refractivity contribution in [3.63, 3.8) is 0 Å². The van der Waals surface area contributed by atoms with Crippen molar-refractivity contribution in [1.29, 1.82) is 0 Å². The van der Waals surface area contributed by atoms with E-state index in [0.717, 1.165) is 12.1 Å². The SMILES string of the molecule is CCN(C)/C=N/c1cc(C)c(C(=O)OCCC(F)(F)F)cc1C. The summed E-state index contributed by atoms with van der Waals surface area (Å²) in [5, 5.41) is 0. The number of nitrogens with zero attached hydrogens (tertiary/aromatic N) is 2. The van der Waals surface area contributed by atoms with Crippen LogP contribution in [0.1, 0.15) is 34.8 Å². The van der Waals surface area contributed by atoms with Crippen LogP contribution in [-0.4, -0.2) is 43.6 Å². The van der Waals surface area contributed by atoms with E-state index in [0.29, 0.717) is 11.3 Å². The molecule has 0 saturated carbocycles. The van der Waals surface area contributed by atoms with Crippen molar-refractivity contribution >= 4 is 18.0 Å². The molecule has 0 bridgehead atoms. The van der Waals surface area contributed by atoms with Crippen molar-refractivity contribution < 1.29 is 22.7 Å². The zero-order valence-corrected chi connectivity index (χ0v) is 13.7. The molecule has 0 heterocycles. The Bertz CT molecular complexity index is 583. The fourth-order valence-electron chi connectivity index (χ4n) is 1.74. The van der Waals surface area contributed by atoms with E-state index in [1.54, 1.807) is 32.3 Å². The molecule has 4 nitrogen and oxygen atoms in total. The topological polar surface area (TPSA) is 41.9 Å². The molecule has 0 aliphatic rings. The maximum absolute atomic E-state index is 12.1. The van der Waals surface area contributed by atoms with Gasteiger partial charge in [-0.3, -0.25) is 0 Å².